The fraction of sp³-hybridized carbons (Fsp3) is 0.0625. The van der Waals surface area contributed by atoms with Gasteiger partial charge in [-0.1, -0.05) is 48.5 Å². The summed E-state index contributed by atoms with van der Waals surface area (Å²) in [5.41, 5.74) is 2.96. The van der Waals surface area contributed by atoms with Crippen LogP contribution in [0.1, 0.15) is 5.76 Å². The molecule has 2 nitrogen and oxygen atoms in total. The second-order valence-corrected chi connectivity index (χ2v) is 4.10. The fourth-order valence-corrected chi connectivity index (χ4v) is 2.21. The number of furan rings is 1. The molecule has 86 valence electrons. The van der Waals surface area contributed by atoms with Crippen molar-refractivity contribution in [2.45, 2.75) is 6.42 Å². The molecule has 0 amide bonds. The Morgan fingerprint density at radius 1 is 0.944 bits per heavy atom. The van der Waals surface area contributed by atoms with Gasteiger partial charge in [-0.05, 0) is 11.6 Å². The summed E-state index contributed by atoms with van der Waals surface area (Å²) in [5, 5.41) is 9.97. The predicted octanol–water partition coefficient (Wildman–Crippen LogP) is 4.17. The zero-order valence-corrected chi connectivity index (χ0v) is 9.76. The number of rotatable bonds is 2. The molecule has 2 aromatic carbocycles. The van der Waals surface area contributed by atoms with E-state index in [1.165, 1.54) is 0 Å². The molecule has 0 saturated carbocycles. The lowest BCUT2D eigenvalue weighted by molar-refractivity contribution is 0.568. The first-order valence-electron chi connectivity index (χ1n) is 5.83. The fourth-order valence-electron chi connectivity index (χ4n) is 2.21. The van der Waals surface area contributed by atoms with Crippen LogP contribution in [0.15, 0.2) is 59.0 Å². The van der Waals surface area contributed by atoms with Crippen molar-refractivity contribution in [3.8, 4) is 17.2 Å². The summed E-state index contributed by atoms with van der Waals surface area (Å²) < 4.78 is 5.77. The Kier molecular flexibility index (Phi) is 2.59. The van der Waals surface area contributed by atoms with Crippen molar-refractivity contribution in [3.05, 3.63) is 60.4 Å². The van der Waals surface area contributed by atoms with E-state index in [0.29, 0.717) is 6.42 Å². The molecule has 0 N–H and O–H groups in total. The quantitative estimate of drug-likeness (QED) is 0.666. The molecule has 2 heteroatoms. The second-order valence-electron chi connectivity index (χ2n) is 4.10. The Bertz CT molecular complexity index is 720. The molecule has 1 heterocycles. The minimum Gasteiger partial charge on any atom is -0.459 e. The van der Waals surface area contributed by atoms with Crippen molar-refractivity contribution in [3.63, 3.8) is 0 Å². The average molecular weight is 233 g/mol. The second kappa shape index (κ2) is 4.38. The summed E-state index contributed by atoms with van der Waals surface area (Å²) in [7, 11) is 0. The summed E-state index contributed by atoms with van der Waals surface area (Å²) in [5.74, 6) is 0.741. The van der Waals surface area contributed by atoms with E-state index in [1.807, 2.05) is 54.6 Å². The Hall–Kier alpha value is -2.53. The summed E-state index contributed by atoms with van der Waals surface area (Å²) in [6.07, 6.45) is 0.291. The molecule has 0 aliphatic carbocycles. The lowest BCUT2D eigenvalue weighted by Gasteiger charge is -2.00. The van der Waals surface area contributed by atoms with E-state index in [9.17, 15) is 0 Å². The maximum absolute atomic E-state index is 8.91. The predicted molar refractivity (Wildman–Crippen MR) is 71.0 cm³/mol. The van der Waals surface area contributed by atoms with Gasteiger partial charge in [-0.2, -0.15) is 5.26 Å². The first-order valence-corrected chi connectivity index (χ1v) is 5.83. The molecule has 0 aliphatic rings. The number of nitriles is 1. The third kappa shape index (κ3) is 1.66. The molecule has 0 fully saturated rings. The first-order chi connectivity index (χ1) is 8.90. The van der Waals surface area contributed by atoms with Crippen molar-refractivity contribution < 1.29 is 4.42 Å². The SMILES string of the molecule is N#CCc1oc2ccccc2c1-c1ccccc1. The molecule has 0 radical (unpaired) electrons. The number of hydrogen-bond donors (Lipinski definition) is 0. The third-order valence-corrected chi connectivity index (χ3v) is 2.97. The molecule has 0 unspecified atom stereocenters. The molecule has 0 aliphatic heterocycles. The first kappa shape index (κ1) is 10.6. The van der Waals surface area contributed by atoms with E-state index < -0.39 is 0 Å². The molecule has 3 aromatic rings. The molecule has 3 rings (SSSR count). The molecule has 0 bridgehead atoms. The van der Waals surface area contributed by atoms with Crippen molar-refractivity contribution in [1.82, 2.24) is 0 Å². The van der Waals surface area contributed by atoms with Gasteiger partial charge in [-0.3, -0.25) is 0 Å². The van der Waals surface area contributed by atoms with Crippen molar-refractivity contribution in [2.75, 3.05) is 0 Å². The number of para-hydroxylation sites is 1. The summed E-state index contributed by atoms with van der Waals surface area (Å²) in [4.78, 5) is 0. The number of benzene rings is 2. The lowest BCUT2D eigenvalue weighted by atomic mass is 10.0. The van der Waals surface area contributed by atoms with Gasteiger partial charge in [-0.25, -0.2) is 0 Å². The largest absolute Gasteiger partial charge is 0.459 e. The minimum absolute atomic E-state index is 0.291. The molecule has 0 spiro atoms. The molecule has 1 aromatic heterocycles. The highest BCUT2D eigenvalue weighted by Gasteiger charge is 2.14. The van der Waals surface area contributed by atoms with Crippen LogP contribution in [0.4, 0.5) is 0 Å². The molecule has 0 saturated heterocycles. The molecular weight excluding hydrogens is 222 g/mol. The number of nitrogens with zero attached hydrogens (tertiary/aromatic N) is 1. The van der Waals surface area contributed by atoms with Crippen LogP contribution in [-0.4, -0.2) is 0 Å². The highest BCUT2D eigenvalue weighted by molar-refractivity contribution is 5.95. The van der Waals surface area contributed by atoms with Gasteiger partial charge in [-0.15, -0.1) is 0 Å². The van der Waals surface area contributed by atoms with Gasteiger partial charge in [0.05, 0.1) is 12.5 Å². The van der Waals surface area contributed by atoms with Crippen LogP contribution in [0.5, 0.6) is 0 Å². The van der Waals surface area contributed by atoms with E-state index in [0.717, 1.165) is 27.9 Å². The monoisotopic (exact) mass is 233 g/mol. The third-order valence-electron chi connectivity index (χ3n) is 2.97. The van der Waals surface area contributed by atoms with Crippen LogP contribution in [0.3, 0.4) is 0 Å². The average Bonchev–Trinajstić information content (AvgIpc) is 2.78. The van der Waals surface area contributed by atoms with Gasteiger partial charge in [0, 0.05) is 10.9 Å². The number of fused-ring (bicyclic) bond motifs is 1. The Labute approximate surface area is 105 Å². The zero-order chi connectivity index (χ0) is 12.4. The highest BCUT2D eigenvalue weighted by atomic mass is 16.3. The molecule has 0 atom stereocenters. The van der Waals surface area contributed by atoms with Crippen LogP contribution in [-0.2, 0) is 6.42 Å². The van der Waals surface area contributed by atoms with Crippen molar-refractivity contribution in [2.24, 2.45) is 0 Å². The van der Waals surface area contributed by atoms with Crippen molar-refractivity contribution in [1.29, 1.82) is 5.26 Å². The van der Waals surface area contributed by atoms with E-state index in [1.54, 1.807) is 0 Å². The van der Waals surface area contributed by atoms with Crippen LogP contribution in [0.2, 0.25) is 0 Å². The van der Waals surface area contributed by atoms with Gasteiger partial charge < -0.3 is 4.42 Å². The zero-order valence-electron chi connectivity index (χ0n) is 9.76. The highest BCUT2D eigenvalue weighted by Crippen LogP contribution is 2.34. The van der Waals surface area contributed by atoms with Crippen molar-refractivity contribution >= 4 is 11.0 Å². The van der Waals surface area contributed by atoms with E-state index in [-0.39, 0.29) is 0 Å². The van der Waals surface area contributed by atoms with E-state index in [2.05, 4.69) is 6.07 Å². The van der Waals surface area contributed by atoms with Gasteiger partial charge in [0.2, 0.25) is 0 Å². The maximum atomic E-state index is 8.91. The molecule has 18 heavy (non-hydrogen) atoms. The Morgan fingerprint density at radius 2 is 1.67 bits per heavy atom. The Morgan fingerprint density at radius 3 is 2.44 bits per heavy atom. The van der Waals surface area contributed by atoms with Crippen LogP contribution in [0.25, 0.3) is 22.1 Å². The van der Waals surface area contributed by atoms with Gasteiger partial charge in [0.1, 0.15) is 11.3 Å². The smallest absolute Gasteiger partial charge is 0.134 e. The van der Waals surface area contributed by atoms with Crippen LogP contribution >= 0.6 is 0 Å². The normalized spacial score (nSPS) is 10.4. The van der Waals surface area contributed by atoms with E-state index >= 15 is 0 Å². The topological polar surface area (TPSA) is 36.9 Å². The lowest BCUT2D eigenvalue weighted by Crippen LogP contribution is -1.83. The van der Waals surface area contributed by atoms with Crippen LogP contribution < -0.4 is 0 Å². The molecular formula is C16H11NO. The van der Waals surface area contributed by atoms with Gasteiger partial charge in [0.15, 0.2) is 0 Å². The minimum atomic E-state index is 0.291. The summed E-state index contributed by atoms with van der Waals surface area (Å²) in [6.45, 7) is 0. The van der Waals surface area contributed by atoms with E-state index in [4.69, 9.17) is 9.68 Å². The number of hydrogen-bond acceptors (Lipinski definition) is 2. The standard InChI is InChI=1S/C16H11NO/c17-11-10-15-16(12-6-2-1-3-7-12)13-8-4-5-9-14(13)18-15/h1-9H,10H2. The maximum Gasteiger partial charge on any atom is 0.134 e. The van der Waals surface area contributed by atoms with Crippen LogP contribution in [0, 0.1) is 11.3 Å². The van der Waals surface area contributed by atoms with Gasteiger partial charge in [0.25, 0.3) is 0 Å². The Balaban J connectivity index is 2.32. The van der Waals surface area contributed by atoms with Gasteiger partial charge >= 0.3 is 0 Å². The summed E-state index contributed by atoms with van der Waals surface area (Å²) >= 11 is 0. The summed E-state index contributed by atoms with van der Waals surface area (Å²) in [6, 6.07) is 20.1.